The normalized spacial score (nSPS) is 11.0. The first-order chi connectivity index (χ1) is 13.2. The average molecular weight is 370 g/mol. The highest BCUT2D eigenvalue weighted by Crippen LogP contribution is 2.27. The van der Waals surface area contributed by atoms with Crippen LogP contribution in [-0.4, -0.2) is 48.8 Å². The highest BCUT2D eigenvalue weighted by molar-refractivity contribution is 5.66. The number of carbonyl (C=O) groups is 1. The monoisotopic (exact) mass is 370 g/mol. The molecule has 0 spiro atoms. The number of rotatable bonds is 10. The van der Waals surface area contributed by atoms with Crippen LogP contribution in [0.3, 0.4) is 0 Å². The molecule has 5 heteroatoms. The molecule has 0 N–H and O–H groups in total. The van der Waals surface area contributed by atoms with E-state index in [1.165, 1.54) is 5.06 Å². The molecule has 1 amide bonds. The Morgan fingerprint density at radius 3 is 1.81 bits per heavy atom. The van der Waals surface area contributed by atoms with E-state index < -0.39 is 6.09 Å². The van der Waals surface area contributed by atoms with Crippen molar-refractivity contribution in [2.24, 2.45) is 0 Å². The van der Waals surface area contributed by atoms with Crippen LogP contribution in [0.1, 0.15) is 38.0 Å². The van der Waals surface area contributed by atoms with Crippen LogP contribution in [0.2, 0.25) is 0 Å². The number of hydroxylamine groups is 2. The van der Waals surface area contributed by atoms with Crippen molar-refractivity contribution in [3.8, 4) is 0 Å². The number of ether oxygens (including phenoxy) is 1. The maximum Gasteiger partial charge on any atom is 0.434 e. The van der Waals surface area contributed by atoms with Gasteiger partial charge in [-0.05, 0) is 31.1 Å². The van der Waals surface area contributed by atoms with Crippen LogP contribution in [0.15, 0.2) is 60.7 Å². The zero-order chi connectivity index (χ0) is 19.5. The van der Waals surface area contributed by atoms with Crippen molar-refractivity contribution < 1.29 is 14.4 Å². The maximum atomic E-state index is 12.5. The molecule has 0 heterocycles. The molecule has 0 aliphatic rings. The molecule has 0 aromatic heterocycles. The molecule has 2 aromatic rings. The standard InChI is InChI=1S/C22H30N2O3/c1-4-23(5-2)17-18-24(22(25)26-6-3)27-21(19-13-9-7-10-14-19)20-15-11-8-12-16-20/h7-16,21H,4-6,17-18H2,1-3H3. The average Bonchev–Trinajstić information content (AvgIpc) is 2.72. The van der Waals surface area contributed by atoms with Crippen LogP contribution in [0.4, 0.5) is 4.79 Å². The van der Waals surface area contributed by atoms with Crippen LogP contribution in [0.25, 0.3) is 0 Å². The molecular weight excluding hydrogens is 340 g/mol. The molecule has 0 aliphatic heterocycles. The molecule has 0 bridgehead atoms. The van der Waals surface area contributed by atoms with Gasteiger partial charge in [0.05, 0.1) is 13.2 Å². The Hall–Kier alpha value is -2.37. The van der Waals surface area contributed by atoms with E-state index in [2.05, 4.69) is 18.7 Å². The van der Waals surface area contributed by atoms with Crippen LogP contribution < -0.4 is 0 Å². The summed E-state index contributed by atoms with van der Waals surface area (Å²) in [4.78, 5) is 20.9. The van der Waals surface area contributed by atoms with Gasteiger partial charge in [0.25, 0.3) is 0 Å². The largest absolute Gasteiger partial charge is 0.448 e. The first kappa shape index (κ1) is 20.9. The summed E-state index contributed by atoms with van der Waals surface area (Å²) in [6.07, 6.45) is -0.838. The van der Waals surface area contributed by atoms with Gasteiger partial charge in [-0.3, -0.25) is 4.84 Å². The second kappa shape index (κ2) is 11.4. The summed E-state index contributed by atoms with van der Waals surface area (Å²) < 4.78 is 5.22. The van der Waals surface area contributed by atoms with Crippen molar-refractivity contribution in [2.75, 3.05) is 32.8 Å². The molecule has 0 unspecified atom stereocenters. The minimum atomic E-state index is -0.457. The Labute approximate surface area is 162 Å². The van der Waals surface area contributed by atoms with Crippen molar-refractivity contribution in [1.82, 2.24) is 9.96 Å². The smallest absolute Gasteiger partial charge is 0.434 e. The van der Waals surface area contributed by atoms with Gasteiger partial charge in [-0.15, -0.1) is 0 Å². The van der Waals surface area contributed by atoms with Gasteiger partial charge in [0.2, 0.25) is 0 Å². The summed E-state index contributed by atoms with van der Waals surface area (Å²) in [5.74, 6) is 0. The highest BCUT2D eigenvalue weighted by atomic mass is 16.7. The minimum Gasteiger partial charge on any atom is -0.448 e. The van der Waals surface area contributed by atoms with Gasteiger partial charge in [-0.1, -0.05) is 74.5 Å². The lowest BCUT2D eigenvalue weighted by Crippen LogP contribution is -2.40. The molecule has 0 saturated heterocycles. The summed E-state index contributed by atoms with van der Waals surface area (Å²) in [5.41, 5.74) is 1.97. The summed E-state index contributed by atoms with van der Waals surface area (Å²) in [6, 6.07) is 19.8. The summed E-state index contributed by atoms with van der Waals surface area (Å²) >= 11 is 0. The first-order valence-electron chi connectivity index (χ1n) is 9.62. The third kappa shape index (κ3) is 6.38. The number of hydrogen-bond donors (Lipinski definition) is 0. The Bertz CT molecular complexity index is 620. The predicted molar refractivity (Wildman–Crippen MR) is 107 cm³/mol. The van der Waals surface area contributed by atoms with Gasteiger partial charge in [-0.2, -0.15) is 5.06 Å². The highest BCUT2D eigenvalue weighted by Gasteiger charge is 2.24. The topological polar surface area (TPSA) is 42.0 Å². The van der Waals surface area contributed by atoms with Crippen LogP contribution in [-0.2, 0) is 9.57 Å². The zero-order valence-electron chi connectivity index (χ0n) is 16.5. The number of carbonyl (C=O) groups excluding carboxylic acids is 1. The fourth-order valence-electron chi connectivity index (χ4n) is 2.85. The lowest BCUT2D eigenvalue weighted by molar-refractivity contribution is -0.166. The molecule has 0 fully saturated rings. The van der Waals surface area contributed by atoms with Crippen LogP contribution in [0.5, 0.6) is 0 Å². The van der Waals surface area contributed by atoms with Crippen molar-refractivity contribution in [3.05, 3.63) is 71.8 Å². The Kier molecular flexibility index (Phi) is 8.81. The number of likely N-dealkylation sites (N-methyl/N-ethyl adjacent to an activating group) is 1. The molecular formula is C22H30N2O3. The molecule has 0 radical (unpaired) electrons. The molecule has 2 aromatic carbocycles. The van der Waals surface area contributed by atoms with Crippen molar-refractivity contribution in [2.45, 2.75) is 26.9 Å². The van der Waals surface area contributed by atoms with Crippen LogP contribution >= 0.6 is 0 Å². The molecule has 146 valence electrons. The molecule has 0 aliphatic carbocycles. The van der Waals surface area contributed by atoms with E-state index in [1.54, 1.807) is 6.92 Å². The molecule has 27 heavy (non-hydrogen) atoms. The van der Waals surface area contributed by atoms with E-state index in [0.29, 0.717) is 13.2 Å². The Morgan fingerprint density at radius 2 is 1.37 bits per heavy atom. The first-order valence-corrected chi connectivity index (χ1v) is 9.62. The molecule has 5 nitrogen and oxygen atoms in total. The van der Waals surface area contributed by atoms with E-state index in [1.807, 2.05) is 60.7 Å². The molecule has 0 saturated carbocycles. The van der Waals surface area contributed by atoms with E-state index in [9.17, 15) is 4.79 Å². The maximum absolute atomic E-state index is 12.5. The second-order valence-corrected chi connectivity index (χ2v) is 6.13. The van der Waals surface area contributed by atoms with Crippen molar-refractivity contribution >= 4 is 6.09 Å². The van der Waals surface area contributed by atoms with Gasteiger partial charge in [0.15, 0.2) is 0 Å². The fraction of sp³-hybridized carbons (Fsp3) is 0.409. The lowest BCUT2D eigenvalue weighted by Gasteiger charge is -2.29. The van der Waals surface area contributed by atoms with Crippen molar-refractivity contribution in [3.63, 3.8) is 0 Å². The Balaban J connectivity index is 2.24. The Morgan fingerprint density at radius 1 is 0.852 bits per heavy atom. The van der Waals surface area contributed by atoms with Gasteiger partial charge in [0.1, 0.15) is 6.10 Å². The predicted octanol–water partition coefficient (Wildman–Crippen LogP) is 4.51. The number of hydrogen-bond acceptors (Lipinski definition) is 4. The fourth-order valence-corrected chi connectivity index (χ4v) is 2.85. The SMILES string of the molecule is CCOC(=O)N(CCN(CC)CC)OC(c1ccccc1)c1ccccc1. The van der Waals surface area contributed by atoms with Crippen LogP contribution in [0, 0.1) is 0 Å². The molecule has 2 rings (SSSR count). The van der Waals surface area contributed by atoms with E-state index in [4.69, 9.17) is 9.57 Å². The van der Waals surface area contributed by atoms with E-state index in [-0.39, 0.29) is 6.10 Å². The quantitative estimate of drug-likeness (QED) is 0.577. The van der Waals surface area contributed by atoms with Gasteiger partial charge < -0.3 is 9.64 Å². The summed E-state index contributed by atoms with van der Waals surface area (Å²) in [5, 5.41) is 1.35. The lowest BCUT2D eigenvalue weighted by atomic mass is 10.0. The van der Waals surface area contributed by atoms with Crippen molar-refractivity contribution in [1.29, 1.82) is 0 Å². The van der Waals surface area contributed by atoms with E-state index >= 15 is 0 Å². The van der Waals surface area contributed by atoms with Gasteiger partial charge in [-0.25, -0.2) is 4.79 Å². The van der Waals surface area contributed by atoms with E-state index in [0.717, 1.165) is 30.8 Å². The number of amides is 1. The number of benzene rings is 2. The molecule has 0 atom stereocenters. The second-order valence-electron chi connectivity index (χ2n) is 6.13. The third-order valence-electron chi connectivity index (χ3n) is 4.42. The minimum absolute atomic E-state index is 0.311. The zero-order valence-corrected chi connectivity index (χ0v) is 16.5. The summed E-state index contributed by atoms with van der Waals surface area (Å²) in [6.45, 7) is 9.34. The van der Waals surface area contributed by atoms with Gasteiger partial charge in [0, 0.05) is 6.54 Å². The third-order valence-corrected chi connectivity index (χ3v) is 4.42. The van der Waals surface area contributed by atoms with Gasteiger partial charge >= 0.3 is 6.09 Å². The summed E-state index contributed by atoms with van der Waals surface area (Å²) in [7, 11) is 0. The number of nitrogens with zero attached hydrogens (tertiary/aromatic N) is 2.